The Labute approximate surface area is 172 Å². The SMILES string of the molecule is C=CC(=O)N1CCC2(CCC(N(C)c3ccnc(NC(C=NC)=CN)n3)CC2)C1. The molecule has 2 fully saturated rings. The first-order valence-corrected chi connectivity index (χ1v) is 10.1. The van der Waals surface area contributed by atoms with Gasteiger partial charge in [-0.15, -0.1) is 0 Å². The predicted molar refractivity (Wildman–Crippen MR) is 117 cm³/mol. The lowest BCUT2D eigenvalue weighted by molar-refractivity contribution is -0.125. The predicted octanol–water partition coefficient (Wildman–Crippen LogP) is 2.17. The summed E-state index contributed by atoms with van der Waals surface area (Å²) in [5.41, 5.74) is 6.52. The second-order valence-electron chi connectivity index (χ2n) is 7.93. The molecule has 2 aliphatic rings. The smallest absolute Gasteiger partial charge is 0.245 e. The molecule has 0 aromatic carbocycles. The summed E-state index contributed by atoms with van der Waals surface area (Å²) in [5.74, 6) is 1.43. The number of anilines is 2. The summed E-state index contributed by atoms with van der Waals surface area (Å²) in [5, 5.41) is 3.08. The quantitative estimate of drug-likeness (QED) is 0.564. The van der Waals surface area contributed by atoms with Gasteiger partial charge in [0, 0.05) is 51.8 Å². The Kier molecular flexibility index (Phi) is 6.51. The van der Waals surface area contributed by atoms with Crippen LogP contribution in [0.3, 0.4) is 0 Å². The maximum absolute atomic E-state index is 11.9. The standard InChI is InChI=1S/C21H31N7O/c1-4-19(29)28-12-10-21(15-28)8-5-17(6-9-21)27(3)18-7-11-24-20(26-18)25-16(13-22)14-23-2/h4,7,11,13-14,17H,1,5-6,8-10,12,15,22H2,2-3H3,(H,24,25,26). The van der Waals surface area contributed by atoms with E-state index in [0.29, 0.717) is 17.7 Å². The monoisotopic (exact) mass is 397 g/mol. The fourth-order valence-electron chi connectivity index (χ4n) is 4.44. The molecule has 1 aliphatic heterocycles. The van der Waals surface area contributed by atoms with Gasteiger partial charge in [0.1, 0.15) is 5.82 Å². The third kappa shape index (κ3) is 4.75. The molecule has 1 aromatic rings. The fourth-order valence-corrected chi connectivity index (χ4v) is 4.44. The van der Waals surface area contributed by atoms with Gasteiger partial charge in [0.25, 0.3) is 0 Å². The molecule has 0 bridgehead atoms. The van der Waals surface area contributed by atoms with Crippen LogP contribution in [0.4, 0.5) is 11.8 Å². The van der Waals surface area contributed by atoms with Crippen molar-refractivity contribution < 1.29 is 4.79 Å². The molecule has 1 spiro atoms. The Bertz CT molecular complexity index is 796. The van der Waals surface area contributed by atoms with Crippen molar-refractivity contribution in [2.45, 2.75) is 38.1 Å². The van der Waals surface area contributed by atoms with Crippen LogP contribution in [0.15, 0.2) is 41.8 Å². The number of aromatic nitrogens is 2. The number of allylic oxidation sites excluding steroid dienone is 1. The highest BCUT2D eigenvalue weighted by molar-refractivity contribution is 5.87. The number of carbonyl (C=O) groups excluding carboxylic acids is 1. The van der Waals surface area contributed by atoms with Gasteiger partial charge in [0.15, 0.2) is 0 Å². The summed E-state index contributed by atoms with van der Waals surface area (Å²) in [6.07, 6.45) is 11.8. The molecule has 2 heterocycles. The van der Waals surface area contributed by atoms with Gasteiger partial charge < -0.3 is 20.9 Å². The minimum absolute atomic E-state index is 0.0566. The van der Waals surface area contributed by atoms with Crippen LogP contribution in [0.1, 0.15) is 32.1 Å². The molecule has 3 rings (SSSR count). The van der Waals surface area contributed by atoms with Gasteiger partial charge in [-0.3, -0.25) is 9.79 Å². The van der Waals surface area contributed by atoms with Crippen LogP contribution in [0, 0.1) is 5.41 Å². The van der Waals surface area contributed by atoms with E-state index in [-0.39, 0.29) is 11.3 Å². The molecular formula is C21H31N7O. The van der Waals surface area contributed by atoms with E-state index < -0.39 is 0 Å². The Morgan fingerprint density at radius 3 is 2.86 bits per heavy atom. The van der Waals surface area contributed by atoms with Gasteiger partial charge in [-0.05, 0) is 49.7 Å². The molecule has 1 amide bonds. The molecule has 1 aliphatic carbocycles. The van der Waals surface area contributed by atoms with E-state index in [1.807, 2.05) is 11.0 Å². The minimum Gasteiger partial charge on any atom is -0.403 e. The van der Waals surface area contributed by atoms with E-state index in [4.69, 9.17) is 5.73 Å². The Balaban J connectivity index is 1.61. The molecule has 0 atom stereocenters. The van der Waals surface area contributed by atoms with Crippen molar-refractivity contribution in [2.75, 3.05) is 37.4 Å². The van der Waals surface area contributed by atoms with Crippen LogP contribution in [0.5, 0.6) is 0 Å². The molecule has 8 heteroatoms. The second-order valence-corrected chi connectivity index (χ2v) is 7.93. The van der Waals surface area contributed by atoms with E-state index >= 15 is 0 Å². The zero-order chi connectivity index (χ0) is 20.9. The zero-order valence-corrected chi connectivity index (χ0v) is 17.3. The van der Waals surface area contributed by atoms with Gasteiger partial charge >= 0.3 is 0 Å². The lowest BCUT2D eigenvalue weighted by Crippen LogP contribution is -2.41. The zero-order valence-electron chi connectivity index (χ0n) is 17.3. The molecule has 0 radical (unpaired) electrons. The maximum Gasteiger partial charge on any atom is 0.245 e. The number of amides is 1. The van der Waals surface area contributed by atoms with Crippen molar-refractivity contribution in [3.63, 3.8) is 0 Å². The van der Waals surface area contributed by atoms with E-state index in [1.165, 1.54) is 12.3 Å². The number of nitrogens with zero attached hydrogens (tertiary/aromatic N) is 5. The number of hydrogen-bond acceptors (Lipinski definition) is 7. The number of aliphatic imine (C=N–C) groups is 1. The lowest BCUT2D eigenvalue weighted by atomic mass is 9.71. The van der Waals surface area contributed by atoms with Crippen LogP contribution in [0.25, 0.3) is 0 Å². The van der Waals surface area contributed by atoms with Crippen molar-refractivity contribution in [3.8, 4) is 0 Å². The molecule has 1 saturated heterocycles. The molecule has 1 saturated carbocycles. The third-order valence-corrected chi connectivity index (χ3v) is 6.19. The van der Waals surface area contributed by atoms with Crippen molar-refractivity contribution >= 4 is 23.9 Å². The number of nitrogens with one attached hydrogen (secondary N) is 1. The maximum atomic E-state index is 11.9. The summed E-state index contributed by atoms with van der Waals surface area (Å²) in [4.78, 5) is 29.0. The molecule has 0 unspecified atom stereocenters. The highest BCUT2D eigenvalue weighted by Crippen LogP contribution is 2.45. The Morgan fingerprint density at radius 2 is 2.21 bits per heavy atom. The number of carbonyl (C=O) groups is 1. The summed E-state index contributed by atoms with van der Waals surface area (Å²) >= 11 is 0. The number of likely N-dealkylation sites (tertiary alicyclic amines) is 1. The molecule has 8 nitrogen and oxygen atoms in total. The highest BCUT2D eigenvalue weighted by Gasteiger charge is 2.42. The largest absolute Gasteiger partial charge is 0.403 e. The molecular weight excluding hydrogens is 366 g/mol. The summed E-state index contributed by atoms with van der Waals surface area (Å²) < 4.78 is 0. The normalized spacial score (nSPS) is 24.8. The first-order chi connectivity index (χ1) is 14.0. The number of nitrogens with two attached hydrogens (primary N) is 1. The molecule has 1 aromatic heterocycles. The van der Waals surface area contributed by atoms with Gasteiger partial charge in [-0.2, -0.15) is 4.98 Å². The number of hydrogen-bond donors (Lipinski definition) is 2. The lowest BCUT2D eigenvalue weighted by Gasteiger charge is -2.40. The van der Waals surface area contributed by atoms with E-state index in [1.54, 1.807) is 19.5 Å². The van der Waals surface area contributed by atoms with Gasteiger partial charge in [-0.1, -0.05) is 6.58 Å². The molecule has 29 heavy (non-hydrogen) atoms. The first-order valence-electron chi connectivity index (χ1n) is 10.1. The topological polar surface area (TPSA) is 99.7 Å². The van der Waals surface area contributed by atoms with Crippen molar-refractivity contribution in [1.29, 1.82) is 0 Å². The Morgan fingerprint density at radius 1 is 1.45 bits per heavy atom. The van der Waals surface area contributed by atoms with Gasteiger partial charge in [-0.25, -0.2) is 4.98 Å². The van der Waals surface area contributed by atoms with Crippen LogP contribution in [0.2, 0.25) is 0 Å². The van der Waals surface area contributed by atoms with Crippen LogP contribution in [-0.2, 0) is 4.79 Å². The third-order valence-electron chi connectivity index (χ3n) is 6.19. The van der Waals surface area contributed by atoms with E-state index in [0.717, 1.165) is 51.0 Å². The average molecular weight is 398 g/mol. The van der Waals surface area contributed by atoms with Crippen LogP contribution >= 0.6 is 0 Å². The van der Waals surface area contributed by atoms with E-state index in [9.17, 15) is 4.79 Å². The van der Waals surface area contributed by atoms with Crippen molar-refractivity contribution in [2.24, 2.45) is 16.1 Å². The minimum atomic E-state index is 0.0566. The van der Waals surface area contributed by atoms with E-state index in [2.05, 4.69) is 38.8 Å². The molecule has 156 valence electrons. The highest BCUT2D eigenvalue weighted by atomic mass is 16.2. The summed E-state index contributed by atoms with van der Waals surface area (Å²) in [6.45, 7) is 5.33. The number of rotatable bonds is 6. The van der Waals surface area contributed by atoms with Gasteiger partial charge in [0.2, 0.25) is 11.9 Å². The summed E-state index contributed by atoms with van der Waals surface area (Å²) in [7, 11) is 3.77. The van der Waals surface area contributed by atoms with Crippen molar-refractivity contribution in [1.82, 2.24) is 14.9 Å². The Hall–Kier alpha value is -2.90. The fraction of sp³-hybridized carbons (Fsp3) is 0.524. The first kappa shape index (κ1) is 20.8. The van der Waals surface area contributed by atoms with Gasteiger partial charge in [0.05, 0.1) is 5.70 Å². The van der Waals surface area contributed by atoms with Crippen LogP contribution in [-0.4, -0.2) is 60.2 Å². The average Bonchev–Trinajstić information content (AvgIpc) is 3.16. The van der Waals surface area contributed by atoms with Crippen molar-refractivity contribution in [3.05, 3.63) is 36.8 Å². The molecule has 3 N–H and O–H groups in total. The van der Waals surface area contributed by atoms with Crippen LogP contribution < -0.4 is 16.0 Å². The summed E-state index contributed by atoms with van der Waals surface area (Å²) in [6, 6.07) is 2.35. The second kappa shape index (κ2) is 9.07.